The molecule has 0 atom stereocenters. The highest BCUT2D eigenvalue weighted by Gasteiger charge is 2.19. The third-order valence-corrected chi connectivity index (χ3v) is 7.26. The molecule has 2 aliphatic heterocycles. The van der Waals surface area contributed by atoms with Crippen molar-refractivity contribution in [2.24, 2.45) is 0 Å². The lowest BCUT2D eigenvalue weighted by molar-refractivity contribution is -0.129. The number of rotatable bonds is 9. The van der Waals surface area contributed by atoms with Crippen LogP contribution in [0.3, 0.4) is 0 Å². The largest absolute Gasteiger partial charge is 0.453 e. The molecular formula is C38H56N8O8. The van der Waals surface area contributed by atoms with Crippen LogP contribution in [0.5, 0.6) is 0 Å². The van der Waals surface area contributed by atoms with Crippen molar-refractivity contribution < 1.29 is 38.2 Å². The fourth-order valence-corrected chi connectivity index (χ4v) is 4.75. The van der Waals surface area contributed by atoms with Crippen LogP contribution in [-0.4, -0.2) is 110 Å². The average Bonchev–Trinajstić information content (AvgIpc) is 3.94. The molecule has 0 saturated carbocycles. The van der Waals surface area contributed by atoms with E-state index in [0.717, 1.165) is 73.9 Å². The normalized spacial score (nSPS) is 12.3. The van der Waals surface area contributed by atoms with Gasteiger partial charge in [0.15, 0.2) is 0 Å². The van der Waals surface area contributed by atoms with Gasteiger partial charge in [0.2, 0.25) is 24.6 Å². The van der Waals surface area contributed by atoms with E-state index in [0.29, 0.717) is 24.5 Å². The van der Waals surface area contributed by atoms with E-state index in [1.165, 1.54) is 27.1 Å². The lowest BCUT2D eigenvalue weighted by Crippen LogP contribution is -2.38. The number of pyridine rings is 2. The van der Waals surface area contributed by atoms with Gasteiger partial charge in [-0.3, -0.25) is 19.2 Å². The molecule has 2 fully saturated rings. The van der Waals surface area contributed by atoms with Gasteiger partial charge < -0.3 is 40.5 Å². The Morgan fingerprint density at radius 2 is 1.11 bits per heavy atom. The molecule has 16 heteroatoms. The van der Waals surface area contributed by atoms with Crippen molar-refractivity contribution in [1.29, 1.82) is 0 Å². The SMILES string of the molecule is CCC.CCC.COC(=O)NCC(=O)N1CCCC1.COC(=O)NCC(=O)N1CCCC1.O=CNc1ccc(-c2ccc3nc(NC=O)ccc3c2)cn1. The third kappa shape index (κ3) is 18.1. The van der Waals surface area contributed by atoms with Crippen LogP contribution in [0.4, 0.5) is 21.2 Å². The molecule has 0 radical (unpaired) electrons. The highest BCUT2D eigenvalue weighted by Crippen LogP contribution is 2.24. The fraction of sp³-hybridized carbons (Fsp3) is 0.474. The summed E-state index contributed by atoms with van der Waals surface area (Å²) >= 11 is 0. The average molecular weight is 753 g/mol. The van der Waals surface area contributed by atoms with Gasteiger partial charge in [0.05, 0.1) is 19.7 Å². The first-order valence-corrected chi connectivity index (χ1v) is 18.1. The van der Waals surface area contributed by atoms with Crippen molar-refractivity contribution in [3.05, 3.63) is 48.7 Å². The van der Waals surface area contributed by atoms with E-state index < -0.39 is 12.2 Å². The number of ether oxygens (including phenoxy) is 2. The van der Waals surface area contributed by atoms with Gasteiger partial charge in [0.1, 0.15) is 24.7 Å². The summed E-state index contributed by atoms with van der Waals surface area (Å²) in [5, 5.41) is 10.7. The maximum absolute atomic E-state index is 11.3. The van der Waals surface area contributed by atoms with E-state index in [1.54, 1.807) is 28.1 Å². The van der Waals surface area contributed by atoms with Gasteiger partial charge >= 0.3 is 12.2 Å². The quantitative estimate of drug-likeness (QED) is 0.211. The van der Waals surface area contributed by atoms with Gasteiger partial charge in [0.25, 0.3) is 0 Å². The van der Waals surface area contributed by atoms with Crippen LogP contribution in [0.2, 0.25) is 0 Å². The molecule has 2 aromatic heterocycles. The second kappa shape index (κ2) is 27.8. The number of carbonyl (C=O) groups excluding carboxylic acids is 6. The number of anilines is 2. The first kappa shape index (κ1) is 46.2. The summed E-state index contributed by atoms with van der Waals surface area (Å²) in [6.45, 7) is 11.8. The second-order valence-electron chi connectivity index (χ2n) is 11.8. The number of aromatic nitrogens is 2. The number of fused-ring (bicyclic) bond motifs is 1. The molecule has 54 heavy (non-hydrogen) atoms. The van der Waals surface area contributed by atoms with Crippen molar-refractivity contribution in [1.82, 2.24) is 30.4 Å². The standard InChI is InChI=1S/C16H12N4O2.2C8H14N2O3.2C3H8/c21-9-18-15-5-3-13(8-17-15)11-1-4-14-12(7-11)2-6-16(20-14)19-10-22;2*1-13-8(12)9-6-7(11)10-4-2-3-5-10;2*1-3-2/h1-10H,(H,17,18,21)(H,19,20,22);2*2-6H2,1H3,(H,9,12);2*3H2,1-2H3. The Morgan fingerprint density at radius 1 is 0.667 bits per heavy atom. The Bertz CT molecular complexity index is 1530. The number of benzene rings is 1. The van der Waals surface area contributed by atoms with Gasteiger partial charge in [-0.25, -0.2) is 19.6 Å². The van der Waals surface area contributed by atoms with E-state index >= 15 is 0 Å². The smallest absolute Gasteiger partial charge is 0.407 e. The van der Waals surface area contributed by atoms with Crippen LogP contribution in [0.15, 0.2) is 48.7 Å². The van der Waals surface area contributed by atoms with Crippen LogP contribution >= 0.6 is 0 Å². The monoisotopic (exact) mass is 752 g/mol. The summed E-state index contributed by atoms with van der Waals surface area (Å²) in [7, 11) is 2.55. The lowest BCUT2D eigenvalue weighted by Gasteiger charge is -2.14. The first-order valence-electron chi connectivity index (χ1n) is 18.1. The summed E-state index contributed by atoms with van der Waals surface area (Å²) < 4.78 is 8.68. The molecule has 2 aliphatic rings. The minimum atomic E-state index is -0.562. The molecule has 5 rings (SSSR count). The summed E-state index contributed by atoms with van der Waals surface area (Å²) in [6, 6.07) is 13.1. The Balaban J connectivity index is 0.000000395. The van der Waals surface area contributed by atoms with Crippen LogP contribution < -0.4 is 21.3 Å². The summed E-state index contributed by atoms with van der Waals surface area (Å²) in [5.74, 6) is 0.942. The minimum Gasteiger partial charge on any atom is -0.453 e. The Labute approximate surface area is 317 Å². The van der Waals surface area contributed by atoms with Crippen molar-refractivity contribution in [3.63, 3.8) is 0 Å². The van der Waals surface area contributed by atoms with E-state index in [1.807, 2.05) is 30.3 Å². The van der Waals surface area contributed by atoms with Gasteiger partial charge in [-0.05, 0) is 67.6 Å². The molecule has 0 spiro atoms. The van der Waals surface area contributed by atoms with Crippen molar-refractivity contribution >= 4 is 59.4 Å². The summed E-state index contributed by atoms with van der Waals surface area (Å²) in [6.07, 6.45) is 8.50. The van der Waals surface area contributed by atoms with E-state index in [9.17, 15) is 28.8 Å². The number of hydrogen-bond donors (Lipinski definition) is 4. The number of nitrogens with zero attached hydrogens (tertiary/aromatic N) is 4. The molecule has 0 bridgehead atoms. The number of likely N-dealkylation sites (tertiary alicyclic amines) is 2. The van der Waals surface area contributed by atoms with Crippen molar-refractivity contribution in [2.75, 3.05) is 64.1 Å². The van der Waals surface area contributed by atoms with Gasteiger partial charge in [-0.1, -0.05) is 46.6 Å². The predicted octanol–water partition coefficient (Wildman–Crippen LogP) is 5.20. The molecule has 4 heterocycles. The molecule has 6 amide bonds. The maximum Gasteiger partial charge on any atom is 0.407 e. The van der Waals surface area contributed by atoms with Crippen LogP contribution in [0.25, 0.3) is 22.0 Å². The zero-order valence-corrected chi connectivity index (χ0v) is 32.3. The lowest BCUT2D eigenvalue weighted by atomic mass is 10.0. The van der Waals surface area contributed by atoms with Crippen LogP contribution in [0, 0.1) is 0 Å². The molecule has 3 aromatic rings. The van der Waals surface area contributed by atoms with E-state index in [-0.39, 0.29) is 24.9 Å². The summed E-state index contributed by atoms with van der Waals surface area (Å²) in [4.78, 5) is 76.7. The van der Waals surface area contributed by atoms with E-state index in [4.69, 9.17) is 0 Å². The Kier molecular flexibility index (Phi) is 23.8. The molecule has 4 N–H and O–H groups in total. The van der Waals surface area contributed by atoms with Gasteiger partial charge in [-0.15, -0.1) is 0 Å². The molecule has 0 unspecified atom stereocenters. The Morgan fingerprint density at radius 3 is 1.54 bits per heavy atom. The molecule has 296 valence electrons. The number of nitrogens with one attached hydrogen (secondary N) is 4. The molecule has 2 saturated heterocycles. The second-order valence-corrected chi connectivity index (χ2v) is 11.8. The predicted molar refractivity (Wildman–Crippen MR) is 209 cm³/mol. The number of alkyl carbamates (subject to hydrolysis) is 2. The first-order chi connectivity index (χ1) is 26.1. The highest BCUT2D eigenvalue weighted by atomic mass is 16.5. The van der Waals surface area contributed by atoms with Crippen molar-refractivity contribution in [3.8, 4) is 11.1 Å². The molecule has 16 nitrogen and oxygen atoms in total. The van der Waals surface area contributed by atoms with Crippen LogP contribution in [0.1, 0.15) is 66.2 Å². The zero-order chi connectivity index (χ0) is 40.1. The number of carbonyl (C=O) groups is 6. The van der Waals surface area contributed by atoms with Crippen LogP contribution in [-0.2, 0) is 28.7 Å². The summed E-state index contributed by atoms with van der Waals surface area (Å²) in [5.41, 5.74) is 2.73. The van der Waals surface area contributed by atoms with Gasteiger partial charge in [0, 0.05) is 43.3 Å². The molecule has 0 aliphatic carbocycles. The molecule has 1 aromatic carbocycles. The topological polar surface area (TPSA) is 201 Å². The highest BCUT2D eigenvalue weighted by molar-refractivity contribution is 5.87. The number of amides is 6. The molecular weight excluding hydrogens is 696 g/mol. The van der Waals surface area contributed by atoms with Gasteiger partial charge in [-0.2, -0.15) is 0 Å². The fourth-order valence-electron chi connectivity index (χ4n) is 4.75. The Hall–Kier alpha value is -5.80. The van der Waals surface area contributed by atoms with E-state index in [2.05, 4.69) is 68.4 Å². The zero-order valence-electron chi connectivity index (χ0n) is 32.3. The number of hydrogen-bond acceptors (Lipinski definition) is 10. The van der Waals surface area contributed by atoms with Crippen molar-refractivity contribution in [2.45, 2.75) is 66.2 Å². The minimum absolute atomic E-state index is 0.0344. The number of methoxy groups -OCH3 is 2. The maximum atomic E-state index is 11.3. The third-order valence-electron chi connectivity index (χ3n) is 7.26.